The number of hydrogen-bond donors (Lipinski definition) is 1. The first-order valence-electron chi connectivity index (χ1n) is 3.10. The summed E-state index contributed by atoms with van der Waals surface area (Å²) in [6.07, 6.45) is 0.755. The van der Waals surface area contributed by atoms with E-state index >= 15 is 0 Å². The molecule has 1 rings (SSSR count). The number of benzene rings is 1. The highest BCUT2D eigenvalue weighted by Gasteiger charge is 1.98. The molecule has 0 aromatic heterocycles. The predicted octanol–water partition coefficient (Wildman–Crippen LogP) is 1.80. The molecule has 0 N–H and O–H groups in total. The van der Waals surface area contributed by atoms with Gasteiger partial charge in [-0.15, -0.1) is 12.6 Å². The van der Waals surface area contributed by atoms with Crippen LogP contribution >= 0.6 is 12.6 Å². The minimum absolute atomic E-state index is 0.549. The second kappa shape index (κ2) is 3.44. The molecule has 0 aliphatic rings. The molecule has 0 amide bonds. The Morgan fingerprint density at radius 2 is 2.27 bits per heavy atom. The molecular formula is C8H8O2S. The smallest absolute Gasteiger partial charge is 0.151 e. The Balaban J connectivity index is 3.12. The van der Waals surface area contributed by atoms with E-state index in [1.165, 1.54) is 0 Å². The van der Waals surface area contributed by atoms with E-state index in [0.717, 1.165) is 6.29 Å². The van der Waals surface area contributed by atoms with Gasteiger partial charge in [0.15, 0.2) is 6.29 Å². The largest absolute Gasteiger partial charge is 0.497 e. The van der Waals surface area contributed by atoms with E-state index in [1.54, 1.807) is 25.3 Å². The third-order valence-electron chi connectivity index (χ3n) is 1.36. The highest BCUT2D eigenvalue weighted by atomic mass is 32.1. The van der Waals surface area contributed by atoms with E-state index in [9.17, 15) is 4.79 Å². The molecule has 11 heavy (non-hydrogen) atoms. The molecule has 3 heteroatoms. The van der Waals surface area contributed by atoms with Crippen LogP contribution in [0.25, 0.3) is 0 Å². The van der Waals surface area contributed by atoms with Crippen molar-refractivity contribution in [2.45, 2.75) is 4.90 Å². The molecule has 0 saturated heterocycles. The number of ether oxygens (including phenoxy) is 1. The highest BCUT2D eigenvalue weighted by molar-refractivity contribution is 7.80. The molecule has 0 aliphatic carbocycles. The minimum Gasteiger partial charge on any atom is -0.497 e. The topological polar surface area (TPSA) is 26.3 Å². The van der Waals surface area contributed by atoms with Crippen molar-refractivity contribution < 1.29 is 9.53 Å². The van der Waals surface area contributed by atoms with Gasteiger partial charge >= 0.3 is 0 Å². The molecule has 0 radical (unpaired) electrons. The van der Waals surface area contributed by atoms with Crippen LogP contribution in [0.1, 0.15) is 10.4 Å². The summed E-state index contributed by atoms with van der Waals surface area (Å²) in [4.78, 5) is 11.1. The summed E-state index contributed by atoms with van der Waals surface area (Å²) in [7, 11) is 1.56. The van der Waals surface area contributed by atoms with Gasteiger partial charge in [0.2, 0.25) is 0 Å². The molecule has 0 fully saturated rings. The quantitative estimate of drug-likeness (QED) is 0.538. The van der Waals surface area contributed by atoms with Gasteiger partial charge in [-0.2, -0.15) is 0 Å². The average molecular weight is 168 g/mol. The zero-order valence-electron chi connectivity index (χ0n) is 6.07. The fourth-order valence-electron chi connectivity index (χ4n) is 0.754. The molecule has 1 aromatic rings. The Morgan fingerprint density at radius 3 is 2.82 bits per heavy atom. The van der Waals surface area contributed by atoms with Gasteiger partial charge in [-0.25, -0.2) is 0 Å². The summed E-state index contributed by atoms with van der Waals surface area (Å²) in [6.45, 7) is 0. The number of rotatable bonds is 2. The Labute approximate surface area is 70.6 Å². The monoisotopic (exact) mass is 168 g/mol. The van der Waals surface area contributed by atoms with Crippen LogP contribution in [0, 0.1) is 0 Å². The van der Waals surface area contributed by atoms with Crippen LogP contribution in [-0.4, -0.2) is 13.4 Å². The van der Waals surface area contributed by atoms with E-state index in [-0.39, 0.29) is 0 Å². The van der Waals surface area contributed by atoms with Gasteiger partial charge in [0.05, 0.1) is 7.11 Å². The van der Waals surface area contributed by atoms with E-state index < -0.39 is 0 Å². The van der Waals surface area contributed by atoms with Crippen molar-refractivity contribution in [3.63, 3.8) is 0 Å². The van der Waals surface area contributed by atoms with Gasteiger partial charge in [-0.3, -0.25) is 4.79 Å². The fourth-order valence-corrected chi connectivity index (χ4v) is 0.946. The first-order valence-corrected chi connectivity index (χ1v) is 3.55. The van der Waals surface area contributed by atoms with Crippen molar-refractivity contribution in [3.05, 3.63) is 23.8 Å². The lowest BCUT2D eigenvalue weighted by Crippen LogP contribution is -1.86. The maximum Gasteiger partial charge on any atom is 0.151 e. The summed E-state index contributed by atoms with van der Waals surface area (Å²) in [5, 5.41) is 0. The van der Waals surface area contributed by atoms with Gasteiger partial charge in [0, 0.05) is 10.5 Å². The summed E-state index contributed by atoms with van der Waals surface area (Å²) < 4.78 is 4.92. The molecule has 58 valence electrons. The third-order valence-corrected chi connectivity index (χ3v) is 1.77. The van der Waals surface area contributed by atoms with Gasteiger partial charge in [-0.05, 0) is 18.2 Å². The Kier molecular flexibility index (Phi) is 2.54. The van der Waals surface area contributed by atoms with Crippen LogP contribution in [0.15, 0.2) is 23.1 Å². The summed E-state index contributed by atoms with van der Waals surface area (Å²) in [5.41, 5.74) is 0.549. The second-order valence-electron chi connectivity index (χ2n) is 2.04. The lowest BCUT2D eigenvalue weighted by Gasteiger charge is -2.01. The number of hydrogen-bond acceptors (Lipinski definition) is 3. The molecule has 0 spiro atoms. The minimum atomic E-state index is 0.549. The van der Waals surface area contributed by atoms with Crippen molar-refractivity contribution in [3.8, 4) is 5.75 Å². The van der Waals surface area contributed by atoms with Gasteiger partial charge in [0.1, 0.15) is 5.75 Å². The molecular weight excluding hydrogens is 160 g/mol. The van der Waals surface area contributed by atoms with Gasteiger partial charge in [-0.1, -0.05) is 0 Å². The lowest BCUT2D eigenvalue weighted by atomic mass is 10.2. The standard InChI is InChI=1S/C8H8O2S/c1-10-7-2-3-8(11)6(4-7)5-9/h2-5,11H,1H3. The third kappa shape index (κ3) is 1.74. The van der Waals surface area contributed by atoms with Crippen molar-refractivity contribution in [2.24, 2.45) is 0 Å². The van der Waals surface area contributed by atoms with Crippen molar-refractivity contribution >= 4 is 18.9 Å². The molecule has 0 unspecified atom stereocenters. The van der Waals surface area contributed by atoms with Crippen LogP contribution in [0.2, 0.25) is 0 Å². The van der Waals surface area contributed by atoms with Gasteiger partial charge < -0.3 is 4.74 Å². The number of carbonyl (C=O) groups excluding carboxylic acids is 1. The second-order valence-corrected chi connectivity index (χ2v) is 2.52. The van der Waals surface area contributed by atoms with E-state index in [1.807, 2.05) is 0 Å². The molecule has 0 atom stereocenters. The molecule has 2 nitrogen and oxygen atoms in total. The Bertz CT molecular complexity index is 271. The first-order chi connectivity index (χ1) is 5.27. The Morgan fingerprint density at radius 1 is 1.55 bits per heavy atom. The zero-order chi connectivity index (χ0) is 8.27. The molecule has 0 heterocycles. The van der Waals surface area contributed by atoms with Crippen molar-refractivity contribution in [1.82, 2.24) is 0 Å². The van der Waals surface area contributed by atoms with Crippen LogP contribution < -0.4 is 4.74 Å². The summed E-state index contributed by atoms with van der Waals surface area (Å²) >= 11 is 4.08. The zero-order valence-corrected chi connectivity index (χ0v) is 6.97. The van der Waals surface area contributed by atoms with E-state index in [4.69, 9.17) is 4.74 Å². The predicted molar refractivity (Wildman–Crippen MR) is 45.6 cm³/mol. The van der Waals surface area contributed by atoms with Crippen molar-refractivity contribution in [1.29, 1.82) is 0 Å². The van der Waals surface area contributed by atoms with Crippen LogP contribution in [0.5, 0.6) is 5.75 Å². The lowest BCUT2D eigenvalue weighted by molar-refractivity contribution is 0.112. The normalized spacial score (nSPS) is 9.27. The van der Waals surface area contributed by atoms with Gasteiger partial charge in [0.25, 0.3) is 0 Å². The molecule has 0 aliphatic heterocycles. The SMILES string of the molecule is COc1ccc(S)c(C=O)c1. The highest BCUT2D eigenvalue weighted by Crippen LogP contribution is 2.18. The number of aldehydes is 1. The van der Waals surface area contributed by atoms with E-state index in [2.05, 4.69) is 12.6 Å². The number of carbonyl (C=O) groups is 1. The van der Waals surface area contributed by atoms with Crippen LogP contribution in [-0.2, 0) is 0 Å². The van der Waals surface area contributed by atoms with E-state index in [0.29, 0.717) is 16.2 Å². The fraction of sp³-hybridized carbons (Fsp3) is 0.125. The summed E-state index contributed by atoms with van der Waals surface area (Å²) in [5.74, 6) is 0.671. The van der Waals surface area contributed by atoms with Crippen molar-refractivity contribution in [2.75, 3.05) is 7.11 Å². The maximum absolute atomic E-state index is 10.4. The number of methoxy groups -OCH3 is 1. The number of thiol groups is 1. The average Bonchev–Trinajstić information content (AvgIpc) is 2.05. The Hall–Kier alpha value is -0.960. The maximum atomic E-state index is 10.4. The van der Waals surface area contributed by atoms with Crippen LogP contribution in [0.4, 0.5) is 0 Å². The first kappa shape index (κ1) is 8.14. The molecule has 1 aromatic carbocycles. The van der Waals surface area contributed by atoms with Crippen LogP contribution in [0.3, 0.4) is 0 Å². The molecule has 0 saturated carbocycles. The molecule has 0 bridgehead atoms. The summed E-state index contributed by atoms with van der Waals surface area (Å²) in [6, 6.07) is 5.14.